The fraction of sp³-hybridized carbons (Fsp3) is 0.571. The molecule has 3 heterocycles. The molecule has 2 bridgehead atoms. The van der Waals surface area contributed by atoms with Crippen molar-refractivity contribution in [1.29, 1.82) is 0 Å². The van der Waals surface area contributed by atoms with Crippen LogP contribution in [0.1, 0.15) is 61.9 Å². The largest absolute Gasteiger partial charge is 0.394 e. The summed E-state index contributed by atoms with van der Waals surface area (Å²) in [7, 11) is 0. The highest BCUT2D eigenvalue weighted by atomic mass is 19.4. The van der Waals surface area contributed by atoms with Crippen molar-refractivity contribution in [3.8, 4) is 11.3 Å². The van der Waals surface area contributed by atoms with Crippen LogP contribution in [-0.4, -0.2) is 26.8 Å². The lowest BCUT2D eigenvalue weighted by atomic mass is 9.34. The van der Waals surface area contributed by atoms with E-state index in [1.54, 1.807) is 0 Å². The lowest BCUT2D eigenvalue weighted by Gasteiger charge is -2.69. The molecule has 1 atom stereocenters. The van der Waals surface area contributed by atoms with E-state index in [2.05, 4.69) is 21.5 Å². The highest BCUT2D eigenvalue weighted by Gasteiger charge is 2.80. The molecule has 1 amide bonds. The molecule has 0 aromatic carbocycles. The minimum atomic E-state index is -4.19. The van der Waals surface area contributed by atoms with Gasteiger partial charge in [-0.05, 0) is 56.7 Å². The maximum absolute atomic E-state index is 13.1. The average molecular weight is 402 g/mol. The Hall–Kier alpha value is -2.38. The van der Waals surface area contributed by atoms with Crippen LogP contribution < -0.4 is 5.32 Å². The SMILES string of the molecule is O=C(N[C@@H]1CCn2nc(-c3ccnc(C4CC4)c3)cc21)C12CC(C(F)(F)F)(C1)C2. The lowest BCUT2D eigenvalue weighted by Crippen LogP contribution is -2.72. The third-order valence-electron chi connectivity index (χ3n) is 7.29. The predicted molar refractivity (Wildman–Crippen MR) is 97.7 cm³/mol. The predicted octanol–water partition coefficient (Wildman–Crippen LogP) is 4.12. The number of carbonyl (C=O) groups excluding carboxylic acids is 1. The van der Waals surface area contributed by atoms with Gasteiger partial charge in [0.25, 0.3) is 0 Å². The Morgan fingerprint density at radius 2 is 1.93 bits per heavy atom. The molecule has 2 aromatic rings. The van der Waals surface area contributed by atoms with E-state index in [-0.39, 0.29) is 31.2 Å². The van der Waals surface area contributed by atoms with Crippen molar-refractivity contribution in [2.75, 3.05) is 0 Å². The van der Waals surface area contributed by atoms with E-state index in [9.17, 15) is 18.0 Å². The molecule has 5 aliphatic rings. The number of aryl methyl sites for hydroxylation is 1. The van der Waals surface area contributed by atoms with Crippen LogP contribution >= 0.6 is 0 Å². The molecule has 7 rings (SSSR count). The second kappa shape index (κ2) is 5.40. The van der Waals surface area contributed by atoms with Gasteiger partial charge < -0.3 is 5.32 Å². The fourth-order valence-corrected chi connectivity index (χ4v) is 5.43. The van der Waals surface area contributed by atoms with Gasteiger partial charge in [0.05, 0.1) is 28.3 Å². The van der Waals surface area contributed by atoms with E-state index in [0.717, 1.165) is 29.1 Å². The summed E-state index contributed by atoms with van der Waals surface area (Å²) in [5.41, 5.74) is 1.48. The van der Waals surface area contributed by atoms with E-state index in [1.807, 2.05) is 23.0 Å². The summed E-state index contributed by atoms with van der Waals surface area (Å²) >= 11 is 0. The number of nitrogens with zero attached hydrogens (tertiary/aromatic N) is 3. The van der Waals surface area contributed by atoms with Crippen molar-refractivity contribution >= 4 is 5.91 Å². The number of alkyl halides is 3. The molecule has 4 saturated carbocycles. The number of fused-ring (bicyclic) bond motifs is 1. The van der Waals surface area contributed by atoms with Gasteiger partial charge in [0.2, 0.25) is 5.91 Å². The maximum Gasteiger partial charge on any atom is 0.394 e. The zero-order chi connectivity index (χ0) is 20.0. The maximum atomic E-state index is 13.1. The summed E-state index contributed by atoms with van der Waals surface area (Å²) in [6.45, 7) is 0.695. The molecule has 5 nitrogen and oxygen atoms in total. The first-order valence-corrected chi connectivity index (χ1v) is 10.2. The Balaban J connectivity index is 1.18. The molecule has 4 aliphatic carbocycles. The van der Waals surface area contributed by atoms with Gasteiger partial charge in [-0.25, -0.2) is 0 Å². The molecule has 4 fully saturated rings. The Kier molecular flexibility index (Phi) is 3.25. The minimum absolute atomic E-state index is 0.0620. The van der Waals surface area contributed by atoms with Gasteiger partial charge in [0.1, 0.15) is 0 Å². The standard InChI is InChI=1S/C21H21F3N4O/c22-21(23,24)20-9-19(10-20,11-20)18(29)26-14-4-6-28-17(14)8-16(27-28)13-3-5-25-15(7-13)12-1-2-12/h3,5,7-8,12,14H,1-2,4,6,9-11H2,(H,26,29)/t14-,19?,20?/m1/s1. The third kappa shape index (κ3) is 2.43. The normalized spacial score (nSPS) is 32.3. The second-order valence-electron chi connectivity index (χ2n) is 9.32. The highest BCUT2D eigenvalue weighted by molar-refractivity contribution is 5.87. The van der Waals surface area contributed by atoms with Crippen molar-refractivity contribution < 1.29 is 18.0 Å². The molecular formula is C21H21F3N4O. The van der Waals surface area contributed by atoms with Crippen molar-refractivity contribution in [2.45, 2.75) is 63.2 Å². The molecule has 0 saturated heterocycles. The first-order valence-electron chi connectivity index (χ1n) is 10.2. The lowest BCUT2D eigenvalue weighted by molar-refractivity contribution is -0.351. The highest BCUT2D eigenvalue weighted by Crippen LogP contribution is 2.78. The van der Waals surface area contributed by atoms with E-state index >= 15 is 0 Å². The number of nitrogens with one attached hydrogen (secondary N) is 1. The summed E-state index contributed by atoms with van der Waals surface area (Å²) in [4.78, 5) is 17.1. The zero-order valence-corrected chi connectivity index (χ0v) is 15.8. The smallest absolute Gasteiger partial charge is 0.347 e. The summed E-state index contributed by atoms with van der Waals surface area (Å²) in [5.74, 6) is 0.328. The van der Waals surface area contributed by atoms with Crippen LogP contribution in [0, 0.1) is 10.8 Å². The number of hydrogen-bond acceptors (Lipinski definition) is 3. The second-order valence-corrected chi connectivity index (χ2v) is 9.32. The van der Waals surface area contributed by atoms with E-state index in [4.69, 9.17) is 0 Å². The quantitative estimate of drug-likeness (QED) is 0.837. The molecule has 152 valence electrons. The van der Waals surface area contributed by atoms with Crippen molar-refractivity contribution in [2.24, 2.45) is 10.8 Å². The molecule has 29 heavy (non-hydrogen) atoms. The van der Waals surface area contributed by atoms with Crippen molar-refractivity contribution in [3.05, 3.63) is 35.8 Å². The van der Waals surface area contributed by atoms with Crippen LogP contribution in [0.3, 0.4) is 0 Å². The number of hydrogen-bond donors (Lipinski definition) is 1. The van der Waals surface area contributed by atoms with Crippen LogP contribution in [0.5, 0.6) is 0 Å². The molecule has 2 aromatic heterocycles. The Bertz CT molecular complexity index is 1000. The summed E-state index contributed by atoms with van der Waals surface area (Å²) in [5, 5.41) is 7.69. The van der Waals surface area contributed by atoms with Crippen molar-refractivity contribution in [1.82, 2.24) is 20.1 Å². The van der Waals surface area contributed by atoms with Gasteiger partial charge in [0.15, 0.2) is 0 Å². The van der Waals surface area contributed by atoms with Crippen LogP contribution in [0.2, 0.25) is 0 Å². The number of halogens is 3. The summed E-state index contributed by atoms with van der Waals surface area (Å²) < 4.78 is 41.1. The first kappa shape index (κ1) is 17.5. The van der Waals surface area contributed by atoms with E-state index in [1.165, 1.54) is 12.8 Å². The topological polar surface area (TPSA) is 59.8 Å². The van der Waals surface area contributed by atoms with Crippen LogP contribution in [0.25, 0.3) is 11.3 Å². The zero-order valence-electron chi connectivity index (χ0n) is 15.8. The first-order chi connectivity index (χ1) is 13.8. The van der Waals surface area contributed by atoms with Crippen LogP contribution in [0.15, 0.2) is 24.4 Å². The van der Waals surface area contributed by atoms with Gasteiger partial charge in [-0.15, -0.1) is 0 Å². The number of carbonyl (C=O) groups is 1. The molecule has 0 radical (unpaired) electrons. The summed E-state index contributed by atoms with van der Waals surface area (Å²) in [6.07, 6.45) is 0.516. The average Bonchev–Trinajstić information content (AvgIpc) is 3.24. The monoisotopic (exact) mass is 402 g/mol. The molecular weight excluding hydrogens is 381 g/mol. The van der Waals surface area contributed by atoms with Crippen molar-refractivity contribution in [3.63, 3.8) is 0 Å². The summed E-state index contributed by atoms with van der Waals surface area (Å²) in [6, 6.07) is 5.82. The number of rotatable bonds is 4. The Labute approximate surface area is 165 Å². The van der Waals surface area contributed by atoms with E-state index in [0.29, 0.717) is 12.5 Å². The third-order valence-corrected chi connectivity index (χ3v) is 7.29. The fourth-order valence-electron chi connectivity index (χ4n) is 5.43. The van der Waals surface area contributed by atoms with Gasteiger partial charge in [-0.3, -0.25) is 14.5 Å². The number of pyridine rings is 1. The van der Waals surface area contributed by atoms with Gasteiger partial charge in [0, 0.05) is 29.9 Å². The van der Waals surface area contributed by atoms with Crippen LogP contribution in [0.4, 0.5) is 13.2 Å². The van der Waals surface area contributed by atoms with Gasteiger partial charge >= 0.3 is 6.18 Å². The molecule has 1 N–H and O–H groups in total. The van der Waals surface area contributed by atoms with E-state index < -0.39 is 17.0 Å². The van der Waals surface area contributed by atoms with Crippen LogP contribution in [-0.2, 0) is 11.3 Å². The molecule has 8 heteroatoms. The van der Waals surface area contributed by atoms with Gasteiger partial charge in [-0.2, -0.15) is 18.3 Å². The Morgan fingerprint density at radius 3 is 2.62 bits per heavy atom. The molecule has 1 aliphatic heterocycles. The molecule has 0 unspecified atom stereocenters. The molecule has 0 spiro atoms. The Morgan fingerprint density at radius 1 is 1.17 bits per heavy atom. The van der Waals surface area contributed by atoms with Gasteiger partial charge in [-0.1, -0.05) is 0 Å². The number of aromatic nitrogens is 3. The minimum Gasteiger partial charge on any atom is -0.347 e. The number of amides is 1.